The van der Waals surface area contributed by atoms with Crippen molar-refractivity contribution in [2.75, 3.05) is 0 Å². The molecule has 1 N–H and O–H groups in total. The molecular weight excluding hydrogens is 228 g/mol. The van der Waals surface area contributed by atoms with Crippen LogP contribution >= 0.6 is 0 Å². The fourth-order valence-corrected chi connectivity index (χ4v) is 2.49. The van der Waals surface area contributed by atoms with E-state index in [1.54, 1.807) is 12.1 Å². The van der Waals surface area contributed by atoms with E-state index in [0.717, 1.165) is 29.8 Å². The third kappa shape index (κ3) is 1.98. The summed E-state index contributed by atoms with van der Waals surface area (Å²) in [7, 11) is 0. The molecule has 0 atom stereocenters. The summed E-state index contributed by atoms with van der Waals surface area (Å²) in [5.74, 6) is 2.11. The molecule has 0 amide bonds. The number of hydrogen-bond donors (Lipinski definition) is 1. The lowest BCUT2D eigenvalue weighted by molar-refractivity contribution is 0.415. The van der Waals surface area contributed by atoms with Gasteiger partial charge in [0.1, 0.15) is 5.75 Å². The molecule has 1 aliphatic carbocycles. The van der Waals surface area contributed by atoms with Gasteiger partial charge in [0, 0.05) is 11.5 Å². The summed E-state index contributed by atoms with van der Waals surface area (Å²) in [6.45, 7) is 1.85. The first-order valence-electron chi connectivity index (χ1n) is 6.37. The molecular formula is C14H16N2O2. The minimum absolute atomic E-state index is 0.286. The van der Waals surface area contributed by atoms with Crippen molar-refractivity contribution in [3.63, 3.8) is 0 Å². The lowest BCUT2D eigenvalue weighted by Crippen LogP contribution is -1.94. The van der Waals surface area contributed by atoms with E-state index in [1.807, 2.05) is 13.0 Å². The Hall–Kier alpha value is -1.84. The molecule has 1 fully saturated rings. The van der Waals surface area contributed by atoms with Gasteiger partial charge in [0.05, 0.1) is 0 Å². The van der Waals surface area contributed by atoms with Crippen molar-refractivity contribution in [3.05, 3.63) is 29.6 Å². The Morgan fingerprint density at radius 1 is 1.28 bits per heavy atom. The summed E-state index contributed by atoms with van der Waals surface area (Å²) in [5.41, 5.74) is 1.68. The first-order chi connectivity index (χ1) is 8.74. The van der Waals surface area contributed by atoms with Crippen LogP contribution in [0.3, 0.4) is 0 Å². The van der Waals surface area contributed by atoms with Gasteiger partial charge in [-0.15, -0.1) is 0 Å². The van der Waals surface area contributed by atoms with Crippen LogP contribution in [-0.2, 0) is 0 Å². The van der Waals surface area contributed by atoms with Gasteiger partial charge in [0.15, 0.2) is 5.82 Å². The van der Waals surface area contributed by atoms with Gasteiger partial charge in [-0.25, -0.2) is 0 Å². The fourth-order valence-electron chi connectivity index (χ4n) is 2.49. The zero-order valence-corrected chi connectivity index (χ0v) is 10.4. The second kappa shape index (κ2) is 4.44. The average Bonchev–Trinajstić information content (AvgIpc) is 3.01. The van der Waals surface area contributed by atoms with Gasteiger partial charge in [-0.05, 0) is 43.5 Å². The second-order valence-corrected chi connectivity index (χ2v) is 4.94. The maximum absolute atomic E-state index is 9.50. The molecule has 0 unspecified atom stereocenters. The van der Waals surface area contributed by atoms with E-state index in [-0.39, 0.29) is 5.75 Å². The lowest BCUT2D eigenvalue weighted by atomic mass is 10.1. The molecule has 0 spiro atoms. The van der Waals surface area contributed by atoms with E-state index < -0.39 is 0 Å². The van der Waals surface area contributed by atoms with Gasteiger partial charge < -0.3 is 9.63 Å². The van der Waals surface area contributed by atoms with Gasteiger partial charge >= 0.3 is 0 Å². The molecule has 0 bridgehead atoms. The molecule has 1 aliphatic rings. The van der Waals surface area contributed by atoms with E-state index in [1.165, 1.54) is 12.8 Å². The molecule has 18 heavy (non-hydrogen) atoms. The molecule has 0 radical (unpaired) electrons. The number of nitrogens with zero attached hydrogens (tertiary/aromatic N) is 2. The van der Waals surface area contributed by atoms with Crippen molar-refractivity contribution >= 4 is 0 Å². The Labute approximate surface area is 106 Å². The Balaban J connectivity index is 1.89. The van der Waals surface area contributed by atoms with E-state index >= 15 is 0 Å². The van der Waals surface area contributed by atoms with Crippen LogP contribution < -0.4 is 0 Å². The summed E-state index contributed by atoms with van der Waals surface area (Å²) in [4.78, 5) is 4.47. The number of phenolic OH excluding ortho intramolecular Hbond substituents is 1. The van der Waals surface area contributed by atoms with E-state index in [0.29, 0.717) is 11.8 Å². The highest BCUT2D eigenvalue weighted by Crippen LogP contribution is 2.33. The molecule has 2 aromatic rings. The van der Waals surface area contributed by atoms with Crippen LogP contribution in [0, 0.1) is 6.92 Å². The fraction of sp³-hybridized carbons (Fsp3) is 0.429. The summed E-state index contributed by atoms with van der Waals surface area (Å²) >= 11 is 0. The maximum Gasteiger partial charge on any atom is 0.257 e. The predicted octanol–water partition coefficient (Wildman–Crippen LogP) is 3.41. The smallest absolute Gasteiger partial charge is 0.257 e. The largest absolute Gasteiger partial charge is 0.508 e. The molecule has 1 saturated carbocycles. The highest BCUT2D eigenvalue weighted by Gasteiger charge is 2.22. The van der Waals surface area contributed by atoms with Crippen LogP contribution in [-0.4, -0.2) is 15.2 Å². The van der Waals surface area contributed by atoms with Gasteiger partial charge in [-0.1, -0.05) is 18.0 Å². The van der Waals surface area contributed by atoms with Crippen LogP contribution in [0.25, 0.3) is 11.5 Å². The second-order valence-electron chi connectivity index (χ2n) is 4.94. The number of aromatic hydroxyl groups is 1. The third-order valence-corrected chi connectivity index (χ3v) is 3.61. The molecule has 1 aromatic heterocycles. The molecule has 0 aliphatic heterocycles. The minimum Gasteiger partial charge on any atom is -0.508 e. The SMILES string of the molecule is Cc1cc(-c2nc(C3CCCC3)no2)ccc1O. The number of hydrogen-bond acceptors (Lipinski definition) is 4. The van der Waals surface area contributed by atoms with Crippen molar-refractivity contribution in [3.8, 4) is 17.2 Å². The van der Waals surface area contributed by atoms with Crippen LogP contribution in [0.1, 0.15) is 43.0 Å². The molecule has 94 valence electrons. The Morgan fingerprint density at radius 2 is 2.06 bits per heavy atom. The highest BCUT2D eigenvalue weighted by atomic mass is 16.5. The first kappa shape index (κ1) is 11.3. The third-order valence-electron chi connectivity index (χ3n) is 3.61. The monoisotopic (exact) mass is 244 g/mol. The van der Waals surface area contributed by atoms with Crippen LogP contribution in [0.15, 0.2) is 22.7 Å². The summed E-state index contributed by atoms with van der Waals surface area (Å²) in [6, 6.07) is 5.32. The maximum atomic E-state index is 9.50. The van der Waals surface area contributed by atoms with Crippen molar-refractivity contribution in [2.45, 2.75) is 38.5 Å². The Kier molecular flexibility index (Phi) is 2.78. The van der Waals surface area contributed by atoms with Gasteiger partial charge in [-0.3, -0.25) is 0 Å². The van der Waals surface area contributed by atoms with Gasteiger partial charge in [0.25, 0.3) is 5.89 Å². The number of rotatable bonds is 2. The molecule has 0 saturated heterocycles. The van der Waals surface area contributed by atoms with Crippen LogP contribution in [0.4, 0.5) is 0 Å². The van der Waals surface area contributed by atoms with Crippen molar-refractivity contribution < 1.29 is 9.63 Å². The standard InChI is InChI=1S/C14H16N2O2/c1-9-8-11(6-7-12(9)17)14-15-13(16-18-14)10-4-2-3-5-10/h6-8,10,17H,2-5H2,1H3. The van der Waals surface area contributed by atoms with Crippen LogP contribution in [0.5, 0.6) is 5.75 Å². The average molecular weight is 244 g/mol. The Morgan fingerprint density at radius 3 is 2.78 bits per heavy atom. The molecule has 3 rings (SSSR count). The predicted molar refractivity (Wildman–Crippen MR) is 67.3 cm³/mol. The topological polar surface area (TPSA) is 59.2 Å². The highest BCUT2D eigenvalue weighted by molar-refractivity contribution is 5.56. The molecule has 4 nitrogen and oxygen atoms in total. The Bertz CT molecular complexity index is 557. The molecule has 1 heterocycles. The molecule has 4 heteroatoms. The van der Waals surface area contributed by atoms with E-state index in [4.69, 9.17) is 4.52 Å². The summed E-state index contributed by atoms with van der Waals surface area (Å²) in [5, 5.41) is 13.6. The number of aromatic nitrogens is 2. The van der Waals surface area contributed by atoms with Crippen LogP contribution in [0.2, 0.25) is 0 Å². The number of aryl methyl sites for hydroxylation is 1. The van der Waals surface area contributed by atoms with E-state index in [9.17, 15) is 5.11 Å². The zero-order valence-electron chi connectivity index (χ0n) is 10.4. The van der Waals surface area contributed by atoms with Crippen molar-refractivity contribution in [1.82, 2.24) is 10.1 Å². The van der Waals surface area contributed by atoms with E-state index in [2.05, 4.69) is 10.1 Å². The lowest BCUT2D eigenvalue weighted by Gasteiger charge is -2.00. The summed E-state index contributed by atoms with van der Waals surface area (Å²) < 4.78 is 5.32. The normalized spacial score (nSPS) is 16.3. The quantitative estimate of drug-likeness (QED) is 0.879. The number of benzene rings is 1. The zero-order chi connectivity index (χ0) is 12.5. The number of phenols is 1. The van der Waals surface area contributed by atoms with Crippen molar-refractivity contribution in [1.29, 1.82) is 0 Å². The minimum atomic E-state index is 0.286. The first-order valence-corrected chi connectivity index (χ1v) is 6.37. The van der Waals surface area contributed by atoms with Gasteiger partial charge in [-0.2, -0.15) is 4.98 Å². The van der Waals surface area contributed by atoms with Gasteiger partial charge in [0.2, 0.25) is 0 Å². The molecule has 1 aromatic carbocycles. The summed E-state index contributed by atoms with van der Waals surface area (Å²) in [6.07, 6.45) is 4.83. The van der Waals surface area contributed by atoms with Crippen molar-refractivity contribution in [2.24, 2.45) is 0 Å².